The van der Waals surface area contributed by atoms with Crippen molar-refractivity contribution < 1.29 is 13.2 Å². The van der Waals surface area contributed by atoms with Crippen LogP contribution in [0.5, 0.6) is 0 Å². The number of carbonyl (C=O) groups is 1. The molecule has 8 heteroatoms. The number of hydrogen-bond donors (Lipinski definition) is 1. The van der Waals surface area contributed by atoms with Crippen molar-refractivity contribution in [3.63, 3.8) is 0 Å². The molecule has 0 unspecified atom stereocenters. The molecule has 2 fully saturated rings. The van der Waals surface area contributed by atoms with E-state index in [2.05, 4.69) is 16.5 Å². The minimum absolute atomic E-state index is 0.0517. The van der Waals surface area contributed by atoms with Crippen molar-refractivity contribution in [3.05, 3.63) is 23.8 Å². The number of sulfonamides is 1. The molecule has 0 radical (unpaired) electrons. The van der Waals surface area contributed by atoms with Crippen LogP contribution in [0.3, 0.4) is 0 Å². The third-order valence-electron chi connectivity index (χ3n) is 5.82. The zero-order valence-electron chi connectivity index (χ0n) is 17.0. The maximum atomic E-state index is 13.1. The topological polar surface area (TPSA) is 69.7 Å². The van der Waals surface area contributed by atoms with Gasteiger partial charge in [0, 0.05) is 24.0 Å². The Balaban J connectivity index is 1.80. The second kappa shape index (κ2) is 9.15. The number of nitrogens with zero attached hydrogens (tertiary/aromatic N) is 2. The molecule has 1 aromatic carbocycles. The molecule has 2 aliphatic rings. The van der Waals surface area contributed by atoms with Gasteiger partial charge in [-0.05, 0) is 76.2 Å². The predicted molar refractivity (Wildman–Crippen MR) is 113 cm³/mol. The highest BCUT2D eigenvalue weighted by Gasteiger charge is 2.27. The van der Waals surface area contributed by atoms with E-state index in [-0.39, 0.29) is 16.8 Å². The fraction of sp³-hybridized carbons (Fsp3) is 0.650. The number of piperidine rings is 2. The van der Waals surface area contributed by atoms with Crippen LogP contribution in [0.4, 0.5) is 0 Å². The maximum absolute atomic E-state index is 13.1. The summed E-state index contributed by atoms with van der Waals surface area (Å²) in [4.78, 5) is 18.1. The van der Waals surface area contributed by atoms with Gasteiger partial charge < -0.3 is 9.80 Å². The van der Waals surface area contributed by atoms with Crippen LogP contribution in [0.25, 0.3) is 0 Å². The maximum Gasteiger partial charge on any atom is 0.255 e. The molecule has 1 amide bonds. The van der Waals surface area contributed by atoms with E-state index in [0.717, 1.165) is 56.8 Å². The van der Waals surface area contributed by atoms with Gasteiger partial charge in [0.25, 0.3) is 5.91 Å². The van der Waals surface area contributed by atoms with Gasteiger partial charge in [-0.15, -0.1) is 11.8 Å². The van der Waals surface area contributed by atoms with Gasteiger partial charge in [0.15, 0.2) is 0 Å². The molecule has 0 spiro atoms. The van der Waals surface area contributed by atoms with Gasteiger partial charge in [-0.1, -0.05) is 6.92 Å². The quantitative estimate of drug-likeness (QED) is 0.735. The first-order valence-corrected chi connectivity index (χ1v) is 12.7. The number of rotatable bonds is 5. The van der Waals surface area contributed by atoms with Crippen LogP contribution in [0.2, 0.25) is 0 Å². The Morgan fingerprint density at radius 2 is 1.75 bits per heavy atom. The number of carbonyl (C=O) groups excluding carboxylic acids is 1. The van der Waals surface area contributed by atoms with Gasteiger partial charge in [0.2, 0.25) is 10.0 Å². The summed E-state index contributed by atoms with van der Waals surface area (Å²) in [6, 6.07) is 4.87. The van der Waals surface area contributed by atoms with E-state index >= 15 is 0 Å². The van der Waals surface area contributed by atoms with Crippen molar-refractivity contribution in [2.75, 3.05) is 39.5 Å². The molecule has 2 heterocycles. The molecular weight excluding hydrogens is 394 g/mol. The van der Waals surface area contributed by atoms with Gasteiger partial charge >= 0.3 is 0 Å². The van der Waals surface area contributed by atoms with E-state index < -0.39 is 10.0 Å². The molecule has 0 atom stereocenters. The summed E-state index contributed by atoms with van der Waals surface area (Å²) in [6.45, 7) is 5.44. The molecule has 2 saturated heterocycles. The van der Waals surface area contributed by atoms with E-state index in [0.29, 0.717) is 11.5 Å². The summed E-state index contributed by atoms with van der Waals surface area (Å²) in [7, 11) is -1.60. The minimum Gasteiger partial charge on any atom is -0.339 e. The molecule has 0 aromatic heterocycles. The number of hydrogen-bond acceptors (Lipinski definition) is 5. The lowest BCUT2D eigenvalue weighted by Crippen LogP contribution is -2.43. The molecule has 0 saturated carbocycles. The van der Waals surface area contributed by atoms with Gasteiger partial charge in [0.05, 0.1) is 10.5 Å². The van der Waals surface area contributed by atoms with E-state index in [4.69, 9.17) is 0 Å². The van der Waals surface area contributed by atoms with Gasteiger partial charge in [0.1, 0.15) is 0 Å². The second-order valence-corrected chi connectivity index (χ2v) is 10.6. The average molecular weight is 426 g/mol. The molecule has 6 nitrogen and oxygen atoms in total. The van der Waals surface area contributed by atoms with Crippen LogP contribution in [0, 0.1) is 5.92 Å². The monoisotopic (exact) mass is 425 g/mol. The molecule has 1 N–H and O–H groups in total. The molecule has 0 bridgehead atoms. The number of benzene rings is 1. The van der Waals surface area contributed by atoms with Crippen molar-refractivity contribution in [1.29, 1.82) is 0 Å². The molecule has 1 aromatic rings. The summed E-state index contributed by atoms with van der Waals surface area (Å²) < 4.78 is 28.7. The third kappa shape index (κ3) is 5.09. The Bertz CT molecular complexity index is 797. The SMILES string of the molecule is CSc1ccc(S(=O)(=O)NC2CCN(C)CC2)cc1C(=O)N1CCC(C)CC1. The van der Waals surface area contributed by atoms with Crippen LogP contribution in [0.15, 0.2) is 28.0 Å². The predicted octanol–water partition coefficient (Wildman–Crippen LogP) is 2.65. The van der Waals surface area contributed by atoms with Crippen LogP contribution in [0.1, 0.15) is 43.0 Å². The highest BCUT2D eigenvalue weighted by molar-refractivity contribution is 7.98. The standard InChI is InChI=1S/C20H31N3O3S2/c1-15-6-12-23(13-7-15)20(24)18-14-17(4-5-19(18)27-3)28(25,26)21-16-8-10-22(2)11-9-16/h4-5,14-16,21H,6-13H2,1-3H3. The van der Waals surface area contributed by atoms with Crippen LogP contribution in [-0.4, -0.2) is 69.6 Å². The summed E-state index contributed by atoms with van der Waals surface area (Å²) in [5.74, 6) is 0.571. The molecule has 2 aliphatic heterocycles. The van der Waals surface area contributed by atoms with Crippen LogP contribution >= 0.6 is 11.8 Å². The first kappa shape index (κ1) is 21.6. The van der Waals surface area contributed by atoms with Gasteiger partial charge in [-0.3, -0.25) is 4.79 Å². The summed E-state index contributed by atoms with van der Waals surface area (Å²) >= 11 is 1.48. The lowest BCUT2D eigenvalue weighted by Gasteiger charge is -2.31. The van der Waals surface area contributed by atoms with Crippen molar-refractivity contribution in [2.45, 2.75) is 48.4 Å². The normalized spacial score (nSPS) is 20.5. The smallest absolute Gasteiger partial charge is 0.255 e. The van der Waals surface area contributed by atoms with Gasteiger partial charge in [-0.25, -0.2) is 13.1 Å². The zero-order chi connectivity index (χ0) is 20.3. The highest BCUT2D eigenvalue weighted by atomic mass is 32.2. The first-order valence-electron chi connectivity index (χ1n) is 9.98. The van der Waals surface area contributed by atoms with Crippen molar-refractivity contribution in [3.8, 4) is 0 Å². The number of likely N-dealkylation sites (tertiary alicyclic amines) is 2. The Kier molecular flexibility index (Phi) is 7.07. The molecule has 0 aliphatic carbocycles. The van der Waals surface area contributed by atoms with E-state index in [1.807, 2.05) is 18.2 Å². The van der Waals surface area contributed by atoms with Crippen molar-refractivity contribution >= 4 is 27.7 Å². The summed E-state index contributed by atoms with van der Waals surface area (Å²) in [5.41, 5.74) is 0.494. The van der Waals surface area contributed by atoms with Crippen LogP contribution < -0.4 is 4.72 Å². The largest absolute Gasteiger partial charge is 0.339 e. The fourth-order valence-corrected chi connectivity index (χ4v) is 5.72. The third-order valence-corrected chi connectivity index (χ3v) is 8.14. The van der Waals surface area contributed by atoms with E-state index in [1.165, 1.54) is 11.8 Å². The number of amides is 1. The fourth-order valence-electron chi connectivity index (χ4n) is 3.82. The second-order valence-electron chi connectivity index (χ2n) is 8.04. The Hall–Kier alpha value is -1.09. The number of thioether (sulfide) groups is 1. The zero-order valence-corrected chi connectivity index (χ0v) is 18.6. The molecule has 28 heavy (non-hydrogen) atoms. The Morgan fingerprint density at radius 3 is 2.36 bits per heavy atom. The van der Waals surface area contributed by atoms with E-state index in [9.17, 15) is 13.2 Å². The molecule has 156 valence electrons. The Labute approximate surface area is 173 Å². The lowest BCUT2D eigenvalue weighted by atomic mass is 9.98. The minimum atomic E-state index is -3.65. The van der Waals surface area contributed by atoms with Crippen molar-refractivity contribution in [2.24, 2.45) is 5.92 Å². The Morgan fingerprint density at radius 1 is 1.11 bits per heavy atom. The average Bonchev–Trinajstić information content (AvgIpc) is 2.69. The molecular formula is C20H31N3O3S2. The van der Waals surface area contributed by atoms with Crippen LogP contribution in [-0.2, 0) is 10.0 Å². The molecule has 3 rings (SSSR count). The van der Waals surface area contributed by atoms with Crippen molar-refractivity contribution in [1.82, 2.24) is 14.5 Å². The lowest BCUT2D eigenvalue weighted by molar-refractivity contribution is 0.0693. The van der Waals surface area contributed by atoms with E-state index in [1.54, 1.807) is 18.2 Å². The highest BCUT2D eigenvalue weighted by Crippen LogP contribution is 2.27. The summed E-state index contributed by atoms with van der Waals surface area (Å²) in [6.07, 6.45) is 5.51. The number of nitrogens with one attached hydrogen (secondary N) is 1. The first-order chi connectivity index (χ1) is 13.3. The van der Waals surface area contributed by atoms with Gasteiger partial charge in [-0.2, -0.15) is 0 Å². The summed E-state index contributed by atoms with van der Waals surface area (Å²) in [5, 5.41) is 0.